The molecule has 3 heterocycles. The molecule has 2 aromatic heterocycles. The van der Waals surface area contributed by atoms with E-state index in [2.05, 4.69) is 19.9 Å². The van der Waals surface area contributed by atoms with Crippen molar-refractivity contribution in [2.45, 2.75) is 20.4 Å². The van der Waals surface area contributed by atoms with Crippen molar-refractivity contribution in [2.75, 3.05) is 18.1 Å². The van der Waals surface area contributed by atoms with Crippen molar-refractivity contribution in [1.29, 1.82) is 0 Å². The minimum atomic E-state index is 0.108. The second kappa shape index (κ2) is 7.04. The van der Waals surface area contributed by atoms with Gasteiger partial charge in [-0.1, -0.05) is 11.6 Å². The lowest BCUT2D eigenvalue weighted by atomic mass is 10.0. The van der Waals surface area contributed by atoms with Crippen molar-refractivity contribution in [1.82, 2.24) is 15.0 Å². The number of phenols is 1. The molecule has 0 atom stereocenters. The maximum atomic E-state index is 10.5. The van der Waals surface area contributed by atoms with Crippen LogP contribution in [-0.4, -0.2) is 33.2 Å². The smallest absolute Gasteiger partial charge is 0.166 e. The summed E-state index contributed by atoms with van der Waals surface area (Å²) in [5, 5.41) is 11.1. The van der Waals surface area contributed by atoms with Crippen molar-refractivity contribution in [2.24, 2.45) is 0 Å². The summed E-state index contributed by atoms with van der Waals surface area (Å²) in [5.41, 5.74) is 4.43. The summed E-state index contributed by atoms with van der Waals surface area (Å²) in [5.74, 6) is 1.50. The molecule has 6 nitrogen and oxygen atoms in total. The van der Waals surface area contributed by atoms with Crippen LogP contribution in [0.15, 0.2) is 36.8 Å². The van der Waals surface area contributed by atoms with E-state index in [0.717, 1.165) is 33.9 Å². The highest BCUT2D eigenvalue weighted by Crippen LogP contribution is 2.38. The average molecular weight is 383 g/mol. The van der Waals surface area contributed by atoms with E-state index < -0.39 is 0 Å². The third-order valence-electron chi connectivity index (χ3n) is 4.75. The fraction of sp³-hybridized carbons (Fsp3) is 0.250. The number of halogens is 1. The van der Waals surface area contributed by atoms with Crippen molar-refractivity contribution in [3.8, 4) is 22.8 Å². The van der Waals surface area contributed by atoms with E-state index >= 15 is 0 Å². The number of ether oxygens (including phenoxy) is 1. The van der Waals surface area contributed by atoms with E-state index in [-0.39, 0.29) is 5.75 Å². The van der Waals surface area contributed by atoms with Crippen molar-refractivity contribution in [3.05, 3.63) is 58.6 Å². The quantitative estimate of drug-likeness (QED) is 0.724. The van der Waals surface area contributed by atoms with E-state index in [4.69, 9.17) is 16.3 Å². The van der Waals surface area contributed by atoms with Crippen LogP contribution in [0.3, 0.4) is 0 Å². The van der Waals surface area contributed by atoms with Crippen LogP contribution in [0.1, 0.15) is 16.8 Å². The Balaban J connectivity index is 1.75. The second-order valence-electron chi connectivity index (χ2n) is 6.52. The molecule has 0 fully saturated rings. The molecule has 1 aliphatic rings. The Labute approximate surface area is 162 Å². The number of fused-ring (bicyclic) bond motifs is 1. The highest BCUT2D eigenvalue weighted by atomic mass is 35.5. The van der Waals surface area contributed by atoms with E-state index in [1.54, 1.807) is 24.7 Å². The lowest BCUT2D eigenvalue weighted by Gasteiger charge is -2.23. The number of rotatable bonds is 2. The second-order valence-corrected chi connectivity index (χ2v) is 6.96. The van der Waals surface area contributed by atoms with Crippen LogP contribution in [-0.2, 0) is 6.54 Å². The summed E-state index contributed by atoms with van der Waals surface area (Å²) >= 11 is 5.93. The van der Waals surface area contributed by atoms with E-state index in [1.165, 1.54) is 0 Å². The number of nitrogens with zero attached hydrogens (tertiary/aromatic N) is 4. The molecular weight excluding hydrogens is 364 g/mol. The fourth-order valence-corrected chi connectivity index (χ4v) is 3.33. The monoisotopic (exact) mass is 382 g/mol. The molecule has 0 spiro atoms. The predicted molar refractivity (Wildman–Crippen MR) is 104 cm³/mol. The molecule has 0 saturated carbocycles. The zero-order valence-electron chi connectivity index (χ0n) is 15.1. The van der Waals surface area contributed by atoms with Crippen LogP contribution in [0.4, 0.5) is 5.82 Å². The van der Waals surface area contributed by atoms with Crippen LogP contribution < -0.4 is 9.64 Å². The van der Waals surface area contributed by atoms with Gasteiger partial charge >= 0.3 is 0 Å². The minimum Gasteiger partial charge on any atom is -0.504 e. The lowest BCUT2D eigenvalue weighted by molar-refractivity contribution is 0.311. The number of aryl methyl sites for hydroxylation is 1. The molecule has 1 N–H and O–H groups in total. The van der Waals surface area contributed by atoms with Gasteiger partial charge in [-0.25, -0.2) is 9.97 Å². The summed E-state index contributed by atoms with van der Waals surface area (Å²) in [6.45, 7) is 5.69. The van der Waals surface area contributed by atoms with Gasteiger partial charge in [0, 0.05) is 35.1 Å². The van der Waals surface area contributed by atoms with Crippen LogP contribution in [0, 0.1) is 13.8 Å². The molecule has 7 heteroatoms. The number of hydrogen-bond donors (Lipinski definition) is 1. The number of anilines is 1. The van der Waals surface area contributed by atoms with Crippen molar-refractivity contribution in [3.63, 3.8) is 0 Å². The number of hydrogen-bond acceptors (Lipinski definition) is 6. The first-order valence-corrected chi connectivity index (χ1v) is 9.04. The molecule has 1 aromatic carbocycles. The van der Waals surface area contributed by atoms with E-state index in [0.29, 0.717) is 30.5 Å². The average Bonchev–Trinajstić information content (AvgIpc) is 2.87. The molecule has 0 amide bonds. The molecule has 0 saturated heterocycles. The van der Waals surface area contributed by atoms with Gasteiger partial charge in [-0.05, 0) is 38.1 Å². The predicted octanol–water partition coefficient (Wildman–Crippen LogP) is 3.91. The van der Waals surface area contributed by atoms with Crippen LogP contribution >= 0.6 is 11.6 Å². The van der Waals surface area contributed by atoms with E-state index in [1.807, 2.05) is 26.0 Å². The Morgan fingerprint density at radius 1 is 1.15 bits per heavy atom. The van der Waals surface area contributed by atoms with Crippen molar-refractivity contribution >= 4 is 17.4 Å². The summed E-state index contributed by atoms with van der Waals surface area (Å²) in [6.07, 6.45) is 3.17. The largest absolute Gasteiger partial charge is 0.504 e. The Kier molecular flexibility index (Phi) is 4.58. The standard InChI is InChI=1S/C20H19ClN4O2/c1-12-13(2)23-11-24-20(12)25-5-6-27-19-15(10-25)7-14(8-18(19)26)17-4-3-16(21)9-22-17/h3-4,7-9,11,26H,5-6,10H2,1-2H3. The molecule has 138 valence electrons. The first-order valence-electron chi connectivity index (χ1n) is 8.66. The highest BCUT2D eigenvalue weighted by molar-refractivity contribution is 6.30. The van der Waals surface area contributed by atoms with Crippen molar-refractivity contribution < 1.29 is 9.84 Å². The Bertz CT molecular complexity index is 992. The number of benzene rings is 1. The van der Waals surface area contributed by atoms with E-state index in [9.17, 15) is 5.11 Å². The summed E-state index contributed by atoms with van der Waals surface area (Å²) in [7, 11) is 0. The third-order valence-corrected chi connectivity index (χ3v) is 4.97. The van der Waals surface area contributed by atoms with Gasteiger partial charge in [0.2, 0.25) is 0 Å². The van der Waals surface area contributed by atoms with Gasteiger partial charge in [0.1, 0.15) is 18.8 Å². The normalized spacial score (nSPS) is 13.7. The molecule has 4 rings (SSSR count). The molecule has 0 radical (unpaired) electrons. The lowest BCUT2D eigenvalue weighted by Crippen LogP contribution is -2.27. The maximum Gasteiger partial charge on any atom is 0.166 e. The molecule has 1 aliphatic heterocycles. The minimum absolute atomic E-state index is 0.108. The molecule has 0 unspecified atom stereocenters. The first-order chi connectivity index (χ1) is 13.0. The van der Waals surface area contributed by atoms with Gasteiger partial charge in [-0.15, -0.1) is 0 Å². The molecule has 27 heavy (non-hydrogen) atoms. The van der Waals surface area contributed by atoms with Gasteiger partial charge in [-0.2, -0.15) is 0 Å². The summed E-state index contributed by atoms with van der Waals surface area (Å²) < 4.78 is 5.83. The maximum absolute atomic E-state index is 10.5. The topological polar surface area (TPSA) is 71.4 Å². The molecule has 0 bridgehead atoms. The Hall–Kier alpha value is -2.86. The van der Waals surface area contributed by atoms with Gasteiger partial charge in [0.15, 0.2) is 11.5 Å². The van der Waals surface area contributed by atoms with Gasteiger partial charge in [0.05, 0.1) is 17.3 Å². The molecule has 3 aromatic rings. The summed E-state index contributed by atoms with van der Waals surface area (Å²) in [6, 6.07) is 7.27. The van der Waals surface area contributed by atoms with Gasteiger partial charge < -0.3 is 14.7 Å². The first kappa shape index (κ1) is 17.5. The zero-order chi connectivity index (χ0) is 19.0. The molecule has 0 aliphatic carbocycles. The van der Waals surface area contributed by atoms with Gasteiger partial charge in [-0.3, -0.25) is 4.98 Å². The van der Waals surface area contributed by atoms with Gasteiger partial charge in [0.25, 0.3) is 0 Å². The Morgan fingerprint density at radius 3 is 2.78 bits per heavy atom. The number of phenolic OH excluding ortho intramolecular Hbond substituents is 1. The van der Waals surface area contributed by atoms with Crippen LogP contribution in [0.25, 0.3) is 11.3 Å². The zero-order valence-corrected chi connectivity index (χ0v) is 15.9. The Morgan fingerprint density at radius 2 is 2.00 bits per heavy atom. The molecular formula is C20H19ClN4O2. The highest BCUT2D eigenvalue weighted by Gasteiger charge is 2.22. The van der Waals surface area contributed by atoms with Crippen LogP contribution in [0.5, 0.6) is 11.5 Å². The SMILES string of the molecule is Cc1ncnc(N2CCOc3c(O)cc(-c4ccc(Cl)cn4)cc3C2)c1C. The fourth-order valence-electron chi connectivity index (χ4n) is 3.22. The third kappa shape index (κ3) is 3.40. The number of aromatic hydroxyl groups is 1. The number of pyridine rings is 1. The van der Waals surface area contributed by atoms with Crippen LogP contribution in [0.2, 0.25) is 5.02 Å². The number of aromatic nitrogens is 3. The summed E-state index contributed by atoms with van der Waals surface area (Å²) in [4.78, 5) is 15.2.